The fourth-order valence-corrected chi connectivity index (χ4v) is 11.2. The molecule has 0 radical (unpaired) electrons. The van der Waals surface area contributed by atoms with Crippen LogP contribution in [0.25, 0.3) is 0 Å². The average Bonchev–Trinajstić information content (AvgIpc) is 1.10. The lowest BCUT2D eigenvalue weighted by Crippen LogP contribution is -2.66. The molecule has 0 spiro atoms. The average molecular weight is 1240 g/mol. The summed E-state index contributed by atoms with van der Waals surface area (Å²) in [4.78, 5) is 13.4. The van der Waals surface area contributed by atoms with Crippen molar-refractivity contribution in [3.05, 3.63) is 60.8 Å². The van der Waals surface area contributed by atoms with Gasteiger partial charge in [0.2, 0.25) is 5.91 Å². The number of hydrogen-bond donors (Lipinski definition) is 12. The van der Waals surface area contributed by atoms with E-state index in [1.54, 1.807) is 6.08 Å². The van der Waals surface area contributed by atoms with Crippen LogP contribution in [-0.2, 0) is 33.2 Å². The first-order valence-electron chi connectivity index (χ1n) is 34.0. The molecule has 0 bridgehead atoms. The number of nitrogens with one attached hydrogen (secondary N) is 1. The van der Waals surface area contributed by atoms with Gasteiger partial charge in [0.05, 0.1) is 38.6 Å². The van der Waals surface area contributed by atoms with E-state index in [1.807, 2.05) is 6.08 Å². The van der Waals surface area contributed by atoms with E-state index in [0.717, 1.165) is 64.2 Å². The molecule has 0 aliphatic carbocycles. The number of amides is 1. The third kappa shape index (κ3) is 32.6. The number of carbonyl (C=O) groups is 1. The molecule has 87 heavy (non-hydrogen) atoms. The van der Waals surface area contributed by atoms with Crippen molar-refractivity contribution in [1.82, 2.24) is 5.32 Å². The van der Waals surface area contributed by atoms with Gasteiger partial charge in [-0.25, -0.2) is 0 Å². The molecule has 0 aromatic carbocycles. The maximum absolute atomic E-state index is 13.4. The second kappa shape index (κ2) is 50.1. The number of rotatable bonds is 51. The number of unbranched alkanes of at least 4 members (excludes halogenated alkanes) is 27. The number of carbonyl (C=O) groups excluding carboxylic acids is 1. The summed E-state index contributed by atoms with van der Waals surface area (Å²) in [5.41, 5.74) is 0. The van der Waals surface area contributed by atoms with Crippen LogP contribution in [0, 0.1) is 0 Å². The molecule has 1 amide bonds. The van der Waals surface area contributed by atoms with Crippen LogP contribution in [0.5, 0.6) is 0 Å². The lowest BCUT2D eigenvalue weighted by molar-refractivity contribution is -0.379. The summed E-state index contributed by atoms with van der Waals surface area (Å²) in [6.45, 7) is 1.69. The molecule has 0 aromatic rings. The van der Waals surface area contributed by atoms with Gasteiger partial charge in [-0.05, 0) is 70.6 Å². The Morgan fingerprint density at radius 3 is 1.23 bits per heavy atom. The van der Waals surface area contributed by atoms with E-state index in [4.69, 9.17) is 28.4 Å². The quantitative estimate of drug-likeness (QED) is 0.0201. The molecular weight excluding hydrogens is 1120 g/mol. The minimum Gasteiger partial charge on any atom is -0.394 e. The summed E-state index contributed by atoms with van der Waals surface area (Å²) < 4.78 is 34.3. The molecule has 19 nitrogen and oxygen atoms in total. The van der Waals surface area contributed by atoms with Crippen molar-refractivity contribution in [3.63, 3.8) is 0 Å². The van der Waals surface area contributed by atoms with Crippen molar-refractivity contribution in [2.45, 2.75) is 336 Å². The second-order valence-corrected chi connectivity index (χ2v) is 24.3. The Kier molecular flexibility index (Phi) is 45.3. The first kappa shape index (κ1) is 78.7. The van der Waals surface area contributed by atoms with Gasteiger partial charge in [0, 0.05) is 6.42 Å². The summed E-state index contributed by atoms with van der Waals surface area (Å²) in [6.07, 6.45) is 33.4. The molecule has 3 fully saturated rings. The molecule has 3 aliphatic rings. The lowest BCUT2D eigenvalue weighted by Gasteiger charge is -2.48. The number of aliphatic hydroxyl groups is 11. The highest BCUT2D eigenvalue weighted by atomic mass is 16.8. The molecule has 19 heteroatoms. The number of aliphatic hydroxyl groups excluding tert-OH is 11. The van der Waals surface area contributed by atoms with Crippen molar-refractivity contribution in [2.75, 3.05) is 26.4 Å². The Balaban J connectivity index is 1.43. The van der Waals surface area contributed by atoms with Gasteiger partial charge in [-0.3, -0.25) is 4.79 Å². The maximum atomic E-state index is 13.4. The lowest BCUT2D eigenvalue weighted by atomic mass is 9.96. The third-order valence-electron chi connectivity index (χ3n) is 16.8. The van der Waals surface area contributed by atoms with Crippen LogP contribution in [0.2, 0.25) is 0 Å². The van der Waals surface area contributed by atoms with E-state index in [-0.39, 0.29) is 18.9 Å². The van der Waals surface area contributed by atoms with Crippen LogP contribution >= 0.6 is 0 Å². The zero-order valence-electron chi connectivity index (χ0n) is 53.2. The summed E-state index contributed by atoms with van der Waals surface area (Å²) in [5.74, 6) is -0.289. The predicted molar refractivity (Wildman–Crippen MR) is 337 cm³/mol. The molecule has 0 saturated carbocycles. The van der Waals surface area contributed by atoms with Gasteiger partial charge >= 0.3 is 0 Å². The molecular formula is C68H121NO18. The highest BCUT2D eigenvalue weighted by molar-refractivity contribution is 5.76. The van der Waals surface area contributed by atoms with E-state index < -0.39 is 124 Å². The van der Waals surface area contributed by atoms with E-state index in [9.17, 15) is 61.0 Å². The molecule has 17 atom stereocenters. The molecule has 17 unspecified atom stereocenters. The van der Waals surface area contributed by atoms with Gasteiger partial charge in [0.15, 0.2) is 18.9 Å². The summed E-state index contributed by atoms with van der Waals surface area (Å²) in [5, 5.41) is 120. The third-order valence-corrected chi connectivity index (χ3v) is 16.8. The Bertz CT molecular complexity index is 1820. The Labute approximate surface area is 522 Å². The SMILES string of the molecule is CCCCCCC/C=C\C/C=C\C/C=C\CCCCCCCCCCCCCCC(=O)NC(COC1OC(CO)C(OC2OC(CO)C(OC3OC(CO)C(O)C(O)C3O)C(O)C2O)C(O)C1O)C(O)/C=C/CC/C=C/CCCCCCCCCCC. The molecule has 12 N–H and O–H groups in total. The van der Waals surface area contributed by atoms with Crippen molar-refractivity contribution in [2.24, 2.45) is 0 Å². The largest absolute Gasteiger partial charge is 0.394 e. The smallest absolute Gasteiger partial charge is 0.220 e. The second-order valence-electron chi connectivity index (χ2n) is 24.3. The zero-order chi connectivity index (χ0) is 63.3. The topological polar surface area (TPSA) is 307 Å². The van der Waals surface area contributed by atoms with Crippen molar-refractivity contribution in [1.29, 1.82) is 0 Å². The first-order chi connectivity index (χ1) is 42.3. The molecule has 506 valence electrons. The van der Waals surface area contributed by atoms with E-state index in [1.165, 1.54) is 135 Å². The summed E-state index contributed by atoms with van der Waals surface area (Å²) in [6, 6.07) is -0.993. The predicted octanol–water partition coefficient (Wildman–Crippen LogP) is 8.38. The first-order valence-corrected chi connectivity index (χ1v) is 34.0. The highest BCUT2D eigenvalue weighted by Crippen LogP contribution is 2.33. The molecule has 3 aliphatic heterocycles. The Morgan fingerprint density at radius 2 is 0.770 bits per heavy atom. The van der Waals surface area contributed by atoms with Crippen LogP contribution in [0.1, 0.15) is 232 Å². The van der Waals surface area contributed by atoms with Gasteiger partial charge in [0.1, 0.15) is 73.2 Å². The number of ether oxygens (including phenoxy) is 6. The zero-order valence-corrected chi connectivity index (χ0v) is 53.2. The van der Waals surface area contributed by atoms with Gasteiger partial charge in [0.25, 0.3) is 0 Å². The van der Waals surface area contributed by atoms with Crippen LogP contribution in [0.15, 0.2) is 60.8 Å². The minimum atomic E-state index is -1.98. The maximum Gasteiger partial charge on any atom is 0.220 e. The normalized spacial score (nSPS) is 29.0. The summed E-state index contributed by atoms with van der Waals surface area (Å²) in [7, 11) is 0. The number of hydrogen-bond acceptors (Lipinski definition) is 18. The molecule has 3 heterocycles. The number of allylic oxidation sites excluding steroid dienone is 9. The van der Waals surface area contributed by atoms with Crippen LogP contribution < -0.4 is 5.32 Å². The molecule has 3 rings (SSSR count). The van der Waals surface area contributed by atoms with Crippen molar-refractivity contribution in [3.8, 4) is 0 Å². The fraction of sp³-hybridized carbons (Fsp3) is 0.838. The van der Waals surface area contributed by atoms with Crippen LogP contribution in [-0.4, -0.2) is 193 Å². The standard InChI is InChI=1S/C68H121NO18/c1-3-5-7-9-11-13-15-17-19-20-21-22-23-24-25-26-27-28-29-30-32-34-36-38-40-42-44-46-56(74)69-51(52(73)45-43-41-39-37-35-33-31-18-16-14-12-10-8-6-4-2)50-82-66-62(80)59(77)64(54(48-71)84-66)87-68-63(81)60(78)65(55(49-72)85-68)86-67-61(79)58(76)57(75)53(47-70)83-67/h15,17,20-21,23-24,35,37,43,45,51-55,57-68,70-73,75-81H,3-14,16,18-19,22,25-34,36,38-42,44,46-50H2,1-2H3,(H,69,74)/b17-15-,21-20-,24-23-,37-35+,45-43+. The Hall–Kier alpha value is -2.51. The Morgan fingerprint density at radius 1 is 0.414 bits per heavy atom. The summed E-state index contributed by atoms with van der Waals surface area (Å²) >= 11 is 0. The van der Waals surface area contributed by atoms with Gasteiger partial charge in [-0.2, -0.15) is 0 Å². The fourth-order valence-electron chi connectivity index (χ4n) is 11.2. The van der Waals surface area contributed by atoms with Crippen molar-refractivity contribution < 1.29 is 89.4 Å². The van der Waals surface area contributed by atoms with Crippen LogP contribution in [0.4, 0.5) is 0 Å². The van der Waals surface area contributed by atoms with E-state index in [2.05, 4.69) is 67.8 Å². The minimum absolute atomic E-state index is 0.231. The monoisotopic (exact) mass is 1240 g/mol. The molecule has 0 aromatic heterocycles. The highest BCUT2D eigenvalue weighted by Gasteiger charge is 2.53. The van der Waals surface area contributed by atoms with Gasteiger partial charge in [-0.1, -0.05) is 216 Å². The van der Waals surface area contributed by atoms with Crippen LogP contribution in [0.3, 0.4) is 0 Å². The van der Waals surface area contributed by atoms with Gasteiger partial charge < -0.3 is 89.9 Å². The van der Waals surface area contributed by atoms with Gasteiger partial charge in [-0.15, -0.1) is 0 Å². The molecule has 3 saturated heterocycles. The van der Waals surface area contributed by atoms with E-state index in [0.29, 0.717) is 12.8 Å². The van der Waals surface area contributed by atoms with E-state index >= 15 is 0 Å². The van der Waals surface area contributed by atoms with Crippen molar-refractivity contribution >= 4 is 5.91 Å².